The number of nitrogens with one attached hydrogen (secondary N) is 1. The van der Waals surface area contributed by atoms with E-state index in [0.717, 1.165) is 39.5 Å². The molecule has 0 unspecified atom stereocenters. The Kier molecular flexibility index (Phi) is 6.59. The van der Waals surface area contributed by atoms with Gasteiger partial charge in [-0.2, -0.15) is 5.10 Å². The van der Waals surface area contributed by atoms with Crippen LogP contribution in [0, 0.1) is 27.7 Å². The summed E-state index contributed by atoms with van der Waals surface area (Å²) >= 11 is 0. The maximum Gasteiger partial charge on any atom is 0.255 e. The Labute approximate surface area is 195 Å². The highest BCUT2D eigenvalue weighted by molar-refractivity contribution is 6.05. The Balaban J connectivity index is 1.45. The van der Waals surface area contributed by atoms with E-state index in [9.17, 15) is 4.79 Å². The molecule has 0 aliphatic carbocycles. The summed E-state index contributed by atoms with van der Waals surface area (Å²) in [6, 6.07) is 23.8. The summed E-state index contributed by atoms with van der Waals surface area (Å²) in [5.74, 6) is 0.696. The summed E-state index contributed by atoms with van der Waals surface area (Å²) in [5.41, 5.74) is 7.48. The highest BCUT2D eigenvalue weighted by Gasteiger charge is 2.16. The quantitative estimate of drug-likeness (QED) is 0.384. The molecule has 5 nitrogen and oxygen atoms in total. The monoisotopic (exact) mass is 439 g/mol. The third-order valence-corrected chi connectivity index (χ3v) is 5.71. The van der Waals surface area contributed by atoms with Crippen LogP contribution < -0.4 is 10.1 Å². The molecule has 1 heterocycles. The molecule has 4 aromatic rings. The minimum absolute atomic E-state index is 0.158. The number of hydrogen-bond acceptors (Lipinski definition) is 3. The van der Waals surface area contributed by atoms with Crippen molar-refractivity contribution in [2.75, 3.05) is 5.32 Å². The maximum absolute atomic E-state index is 13.0. The number of rotatable bonds is 7. The van der Waals surface area contributed by atoms with E-state index < -0.39 is 0 Å². The number of anilines is 1. The molecule has 1 N–H and O–H groups in total. The number of carbonyl (C=O) groups excluding carboxylic acids is 1. The molecule has 0 saturated carbocycles. The fourth-order valence-corrected chi connectivity index (χ4v) is 3.90. The number of ether oxygens (including phenoxy) is 1. The molecule has 1 amide bonds. The summed E-state index contributed by atoms with van der Waals surface area (Å²) in [7, 11) is 0. The standard InChI is InChI=1S/C28H29N3O2/c1-19-13-14-26(20(2)15-19)33-18-24-11-8-12-25(16-24)28(32)29-27-21(3)30-31(22(27)4)17-23-9-6-5-7-10-23/h5-16H,17-18H2,1-4H3,(H,29,32). The minimum Gasteiger partial charge on any atom is -0.489 e. The Morgan fingerprint density at radius 2 is 1.67 bits per heavy atom. The van der Waals surface area contributed by atoms with Crippen LogP contribution in [0.4, 0.5) is 5.69 Å². The predicted molar refractivity (Wildman–Crippen MR) is 132 cm³/mol. The summed E-state index contributed by atoms with van der Waals surface area (Å²) in [4.78, 5) is 13.0. The lowest BCUT2D eigenvalue weighted by Crippen LogP contribution is -2.14. The van der Waals surface area contributed by atoms with Crippen molar-refractivity contribution in [3.63, 3.8) is 0 Å². The lowest BCUT2D eigenvalue weighted by atomic mass is 10.1. The molecule has 0 radical (unpaired) electrons. The van der Waals surface area contributed by atoms with Gasteiger partial charge in [0.25, 0.3) is 5.91 Å². The van der Waals surface area contributed by atoms with Crippen molar-refractivity contribution in [1.29, 1.82) is 0 Å². The first-order valence-electron chi connectivity index (χ1n) is 11.1. The smallest absolute Gasteiger partial charge is 0.255 e. The third kappa shape index (κ3) is 5.32. The van der Waals surface area contributed by atoms with Crippen molar-refractivity contribution in [3.05, 3.63) is 112 Å². The predicted octanol–water partition coefficient (Wildman–Crippen LogP) is 6.00. The zero-order chi connectivity index (χ0) is 23.4. The largest absolute Gasteiger partial charge is 0.489 e. The third-order valence-electron chi connectivity index (χ3n) is 5.71. The Bertz CT molecular complexity index is 1280. The van der Waals surface area contributed by atoms with Crippen LogP contribution in [0.15, 0.2) is 72.8 Å². The number of carbonyl (C=O) groups is 1. The van der Waals surface area contributed by atoms with Crippen molar-refractivity contribution >= 4 is 11.6 Å². The van der Waals surface area contributed by atoms with Crippen LogP contribution in [0.5, 0.6) is 5.75 Å². The van der Waals surface area contributed by atoms with Gasteiger partial charge >= 0.3 is 0 Å². The van der Waals surface area contributed by atoms with E-state index in [1.165, 1.54) is 5.56 Å². The van der Waals surface area contributed by atoms with Crippen molar-refractivity contribution in [2.24, 2.45) is 0 Å². The highest BCUT2D eigenvalue weighted by atomic mass is 16.5. The summed E-state index contributed by atoms with van der Waals surface area (Å²) < 4.78 is 7.91. The number of benzene rings is 3. The SMILES string of the molecule is Cc1ccc(OCc2cccc(C(=O)Nc3c(C)nn(Cc4ccccc4)c3C)c2)c(C)c1. The van der Waals surface area contributed by atoms with Gasteiger partial charge in [-0.15, -0.1) is 0 Å². The molecule has 0 fully saturated rings. The van der Waals surface area contributed by atoms with Gasteiger partial charge in [-0.05, 0) is 62.6 Å². The molecule has 168 valence electrons. The maximum atomic E-state index is 13.0. The van der Waals surface area contributed by atoms with E-state index in [1.807, 2.05) is 80.1 Å². The number of amides is 1. The molecule has 0 spiro atoms. The molecule has 33 heavy (non-hydrogen) atoms. The number of aromatic nitrogens is 2. The van der Waals surface area contributed by atoms with Gasteiger partial charge in [-0.25, -0.2) is 0 Å². The van der Waals surface area contributed by atoms with Gasteiger partial charge in [0, 0.05) is 5.56 Å². The number of nitrogens with zero attached hydrogens (tertiary/aromatic N) is 2. The van der Waals surface area contributed by atoms with Gasteiger partial charge in [-0.3, -0.25) is 9.48 Å². The molecule has 0 saturated heterocycles. The van der Waals surface area contributed by atoms with Crippen molar-refractivity contribution < 1.29 is 9.53 Å². The summed E-state index contributed by atoms with van der Waals surface area (Å²) in [6.45, 7) is 9.06. The van der Waals surface area contributed by atoms with Crippen LogP contribution in [0.2, 0.25) is 0 Å². The van der Waals surface area contributed by atoms with Crippen LogP contribution in [0.3, 0.4) is 0 Å². The number of aryl methyl sites for hydroxylation is 3. The molecule has 0 atom stereocenters. The van der Waals surface area contributed by atoms with Crippen LogP contribution >= 0.6 is 0 Å². The Morgan fingerprint density at radius 3 is 2.42 bits per heavy atom. The van der Waals surface area contributed by atoms with Crippen molar-refractivity contribution in [1.82, 2.24) is 9.78 Å². The van der Waals surface area contributed by atoms with Crippen LogP contribution in [0.1, 0.15) is 44.0 Å². The van der Waals surface area contributed by atoms with Gasteiger partial charge in [0.2, 0.25) is 0 Å². The fourth-order valence-electron chi connectivity index (χ4n) is 3.90. The molecule has 0 bridgehead atoms. The summed E-state index contributed by atoms with van der Waals surface area (Å²) in [5, 5.41) is 7.68. The second-order valence-electron chi connectivity index (χ2n) is 8.40. The first-order valence-corrected chi connectivity index (χ1v) is 11.1. The van der Waals surface area contributed by atoms with Gasteiger partial charge in [-0.1, -0.05) is 60.2 Å². The first-order chi connectivity index (χ1) is 15.9. The molecule has 3 aromatic carbocycles. The van der Waals surface area contributed by atoms with E-state index in [0.29, 0.717) is 18.7 Å². The van der Waals surface area contributed by atoms with E-state index in [-0.39, 0.29) is 5.91 Å². The molecule has 0 aliphatic rings. The molecule has 4 rings (SSSR count). The molecular formula is C28H29N3O2. The second kappa shape index (κ2) is 9.74. The molecular weight excluding hydrogens is 410 g/mol. The van der Waals surface area contributed by atoms with Gasteiger partial charge in [0.15, 0.2) is 0 Å². The van der Waals surface area contributed by atoms with Crippen LogP contribution in [-0.2, 0) is 13.2 Å². The topological polar surface area (TPSA) is 56.1 Å². The lowest BCUT2D eigenvalue weighted by molar-refractivity contribution is 0.102. The molecule has 1 aromatic heterocycles. The van der Waals surface area contributed by atoms with E-state index in [1.54, 1.807) is 0 Å². The fraction of sp³-hybridized carbons (Fsp3) is 0.214. The van der Waals surface area contributed by atoms with Gasteiger partial charge < -0.3 is 10.1 Å². The van der Waals surface area contributed by atoms with Crippen LogP contribution in [0.25, 0.3) is 0 Å². The zero-order valence-corrected chi connectivity index (χ0v) is 19.6. The molecule has 0 aliphatic heterocycles. The van der Waals surface area contributed by atoms with E-state index in [2.05, 4.69) is 35.5 Å². The first kappa shape index (κ1) is 22.3. The number of hydrogen-bond donors (Lipinski definition) is 1. The van der Waals surface area contributed by atoms with Crippen LogP contribution in [-0.4, -0.2) is 15.7 Å². The average molecular weight is 440 g/mol. The van der Waals surface area contributed by atoms with Gasteiger partial charge in [0.1, 0.15) is 12.4 Å². The zero-order valence-electron chi connectivity index (χ0n) is 19.6. The van der Waals surface area contributed by atoms with E-state index >= 15 is 0 Å². The second-order valence-corrected chi connectivity index (χ2v) is 8.40. The Morgan fingerprint density at radius 1 is 0.909 bits per heavy atom. The lowest BCUT2D eigenvalue weighted by Gasteiger charge is -2.11. The Hall–Kier alpha value is -3.86. The molecule has 5 heteroatoms. The van der Waals surface area contributed by atoms with E-state index in [4.69, 9.17) is 4.74 Å². The van der Waals surface area contributed by atoms with Crippen molar-refractivity contribution in [3.8, 4) is 5.75 Å². The normalized spacial score (nSPS) is 10.8. The van der Waals surface area contributed by atoms with Crippen molar-refractivity contribution in [2.45, 2.75) is 40.8 Å². The highest BCUT2D eigenvalue weighted by Crippen LogP contribution is 2.23. The summed E-state index contributed by atoms with van der Waals surface area (Å²) in [6.07, 6.45) is 0. The average Bonchev–Trinajstić information content (AvgIpc) is 3.06. The minimum atomic E-state index is -0.158. The van der Waals surface area contributed by atoms with Gasteiger partial charge in [0.05, 0.1) is 23.6 Å².